The van der Waals surface area contributed by atoms with Crippen molar-refractivity contribution in [1.29, 1.82) is 0 Å². The van der Waals surface area contributed by atoms with Gasteiger partial charge >= 0.3 is 0 Å². The third kappa shape index (κ3) is 3.54. The van der Waals surface area contributed by atoms with Crippen molar-refractivity contribution in [2.24, 2.45) is 5.92 Å². The standard InChI is InChI=1S/C16H23BrN2O/c1-3-13(4-2)16(20)19-10-8-18(9-11-19)15-7-5-6-14(17)12-15/h5-7,12-13H,3-4,8-11H2,1-2H3. The molecule has 1 amide bonds. The Bertz CT molecular complexity index is 452. The van der Waals surface area contributed by atoms with Gasteiger partial charge in [0.15, 0.2) is 0 Å². The van der Waals surface area contributed by atoms with Crippen LogP contribution in [0.15, 0.2) is 28.7 Å². The number of hydrogen-bond acceptors (Lipinski definition) is 2. The molecule has 0 saturated carbocycles. The van der Waals surface area contributed by atoms with Crippen LogP contribution in [0.25, 0.3) is 0 Å². The van der Waals surface area contributed by atoms with Crippen molar-refractivity contribution in [3.05, 3.63) is 28.7 Å². The van der Waals surface area contributed by atoms with Crippen LogP contribution in [0.2, 0.25) is 0 Å². The van der Waals surface area contributed by atoms with Crippen molar-refractivity contribution in [2.45, 2.75) is 26.7 Å². The zero-order chi connectivity index (χ0) is 14.5. The summed E-state index contributed by atoms with van der Waals surface area (Å²) in [6.07, 6.45) is 1.89. The fraction of sp³-hybridized carbons (Fsp3) is 0.562. The van der Waals surface area contributed by atoms with Crippen molar-refractivity contribution in [3.63, 3.8) is 0 Å². The van der Waals surface area contributed by atoms with Crippen LogP contribution in [0.5, 0.6) is 0 Å². The van der Waals surface area contributed by atoms with E-state index in [1.165, 1.54) is 5.69 Å². The molecular weight excluding hydrogens is 316 g/mol. The van der Waals surface area contributed by atoms with E-state index in [2.05, 4.69) is 52.9 Å². The molecule has 2 rings (SSSR count). The van der Waals surface area contributed by atoms with Gasteiger partial charge in [0.2, 0.25) is 5.91 Å². The number of benzene rings is 1. The van der Waals surface area contributed by atoms with Gasteiger partial charge in [0, 0.05) is 42.3 Å². The number of carbonyl (C=O) groups is 1. The van der Waals surface area contributed by atoms with Gasteiger partial charge in [-0.2, -0.15) is 0 Å². The van der Waals surface area contributed by atoms with Crippen LogP contribution in [0.1, 0.15) is 26.7 Å². The fourth-order valence-corrected chi connectivity index (χ4v) is 3.14. The van der Waals surface area contributed by atoms with Crippen LogP contribution in [0, 0.1) is 5.92 Å². The molecule has 0 aliphatic carbocycles. The van der Waals surface area contributed by atoms with Gasteiger partial charge in [-0.05, 0) is 31.0 Å². The van der Waals surface area contributed by atoms with Gasteiger partial charge in [0.05, 0.1) is 0 Å². The number of hydrogen-bond donors (Lipinski definition) is 0. The van der Waals surface area contributed by atoms with Gasteiger partial charge in [0.1, 0.15) is 0 Å². The fourth-order valence-electron chi connectivity index (χ4n) is 2.75. The maximum Gasteiger partial charge on any atom is 0.225 e. The molecule has 1 aliphatic rings. The highest BCUT2D eigenvalue weighted by Gasteiger charge is 2.25. The number of amides is 1. The van der Waals surface area contributed by atoms with E-state index in [1.54, 1.807) is 0 Å². The minimum atomic E-state index is 0.201. The second kappa shape index (κ2) is 7.11. The first-order valence-corrected chi connectivity index (χ1v) is 8.24. The quantitative estimate of drug-likeness (QED) is 0.838. The molecule has 1 aromatic carbocycles. The monoisotopic (exact) mass is 338 g/mol. The Morgan fingerprint density at radius 2 is 1.85 bits per heavy atom. The molecule has 0 aromatic heterocycles. The van der Waals surface area contributed by atoms with Gasteiger partial charge in [-0.25, -0.2) is 0 Å². The largest absolute Gasteiger partial charge is 0.368 e. The van der Waals surface area contributed by atoms with Crippen molar-refractivity contribution in [1.82, 2.24) is 4.90 Å². The summed E-state index contributed by atoms with van der Waals surface area (Å²) >= 11 is 3.51. The van der Waals surface area contributed by atoms with Crippen LogP contribution in [-0.2, 0) is 4.79 Å². The van der Waals surface area contributed by atoms with Crippen molar-refractivity contribution >= 4 is 27.5 Å². The summed E-state index contributed by atoms with van der Waals surface area (Å²) in [5.41, 5.74) is 1.23. The summed E-state index contributed by atoms with van der Waals surface area (Å²) in [7, 11) is 0. The van der Waals surface area contributed by atoms with Gasteiger partial charge < -0.3 is 9.80 Å². The van der Waals surface area contributed by atoms with Crippen molar-refractivity contribution < 1.29 is 4.79 Å². The molecule has 1 aromatic rings. The van der Waals surface area contributed by atoms with Crippen LogP contribution >= 0.6 is 15.9 Å². The molecule has 20 heavy (non-hydrogen) atoms. The Morgan fingerprint density at radius 1 is 1.20 bits per heavy atom. The van der Waals surface area contributed by atoms with Crippen molar-refractivity contribution in [2.75, 3.05) is 31.1 Å². The zero-order valence-electron chi connectivity index (χ0n) is 12.3. The molecule has 4 heteroatoms. The molecule has 0 unspecified atom stereocenters. The van der Waals surface area contributed by atoms with E-state index < -0.39 is 0 Å². The lowest BCUT2D eigenvalue weighted by Crippen LogP contribution is -2.50. The number of anilines is 1. The summed E-state index contributed by atoms with van der Waals surface area (Å²) in [6.45, 7) is 7.71. The van der Waals surface area contributed by atoms with E-state index in [1.807, 2.05) is 11.0 Å². The average molecular weight is 339 g/mol. The van der Waals surface area contributed by atoms with Gasteiger partial charge in [-0.15, -0.1) is 0 Å². The van der Waals surface area contributed by atoms with Crippen LogP contribution in [0.3, 0.4) is 0 Å². The number of carbonyl (C=O) groups excluding carboxylic acids is 1. The summed E-state index contributed by atoms with van der Waals surface area (Å²) in [5.74, 6) is 0.538. The molecule has 1 heterocycles. The molecule has 0 N–H and O–H groups in total. The Kier molecular flexibility index (Phi) is 5.46. The van der Waals surface area contributed by atoms with Crippen LogP contribution in [-0.4, -0.2) is 37.0 Å². The van der Waals surface area contributed by atoms with E-state index in [0.29, 0.717) is 5.91 Å². The highest BCUT2D eigenvalue weighted by molar-refractivity contribution is 9.10. The molecule has 0 radical (unpaired) electrons. The minimum Gasteiger partial charge on any atom is -0.368 e. The van der Waals surface area contributed by atoms with E-state index >= 15 is 0 Å². The second-order valence-electron chi connectivity index (χ2n) is 5.31. The lowest BCUT2D eigenvalue weighted by Gasteiger charge is -2.37. The molecule has 1 aliphatic heterocycles. The summed E-state index contributed by atoms with van der Waals surface area (Å²) in [6, 6.07) is 8.36. The Hall–Kier alpha value is -1.03. The average Bonchev–Trinajstić information content (AvgIpc) is 2.48. The van der Waals surface area contributed by atoms with Gasteiger partial charge in [0.25, 0.3) is 0 Å². The molecule has 0 bridgehead atoms. The SMILES string of the molecule is CCC(CC)C(=O)N1CCN(c2cccc(Br)c2)CC1. The third-order valence-corrected chi connectivity index (χ3v) is 4.59. The predicted octanol–water partition coefficient (Wildman–Crippen LogP) is 3.53. The van der Waals surface area contributed by atoms with E-state index in [0.717, 1.165) is 43.5 Å². The van der Waals surface area contributed by atoms with Crippen LogP contribution in [0.4, 0.5) is 5.69 Å². The first kappa shape index (κ1) is 15.4. The van der Waals surface area contributed by atoms with E-state index in [-0.39, 0.29) is 5.92 Å². The predicted molar refractivity (Wildman–Crippen MR) is 87.0 cm³/mol. The number of rotatable bonds is 4. The molecule has 3 nitrogen and oxygen atoms in total. The molecule has 1 saturated heterocycles. The summed E-state index contributed by atoms with van der Waals surface area (Å²) in [4.78, 5) is 16.7. The van der Waals surface area contributed by atoms with Gasteiger partial charge in [-0.1, -0.05) is 35.8 Å². The Balaban J connectivity index is 1.94. The smallest absolute Gasteiger partial charge is 0.225 e. The summed E-state index contributed by atoms with van der Waals surface area (Å²) in [5, 5.41) is 0. The highest BCUT2D eigenvalue weighted by Crippen LogP contribution is 2.22. The normalized spacial score (nSPS) is 15.8. The van der Waals surface area contributed by atoms with Crippen molar-refractivity contribution in [3.8, 4) is 0 Å². The minimum absolute atomic E-state index is 0.201. The molecule has 1 fully saturated rings. The zero-order valence-corrected chi connectivity index (χ0v) is 13.9. The summed E-state index contributed by atoms with van der Waals surface area (Å²) < 4.78 is 1.10. The topological polar surface area (TPSA) is 23.6 Å². The maximum absolute atomic E-state index is 12.4. The number of halogens is 1. The molecule has 0 atom stereocenters. The highest BCUT2D eigenvalue weighted by atomic mass is 79.9. The number of nitrogens with zero attached hydrogens (tertiary/aromatic N) is 2. The van der Waals surface area contributed by atoms with E-state index in [4.69, 9.17) is 0 Å². The first-order chi connectivity index (χ1) is 9.65. The maximum atomic E-state index is 12.4. The number of piperazine rings is 1. The molecule has 0 spiro atoms. The third-order valence-electron chi connectivity index (χ3n) is 4.10. The second-order valence-corrected chi connectivity index (χ2v) is 6.22. The van der Waals surface area contributed by atoms with Gasteiger partial charge in [-0.3, -0.25) is 4.79 Å². The Labute approximate surface area is 130 Å². The molecular formula is C16H23BrN2O. The van der Waals surface area contributed by atoms with E-state index in [9.17, 15) is 4.79 Å². The Morgan fingerprint density at radius 3 is 2.40 bits per heavy atom. The first-order valence-electron chi connectivity index (χ1n) is 7.45. The lowest BCUT2D eigenvalue weighted by atomic mass is 10.0. The van der Waals surface area contributed by atoms with Crippen LogP contribution < -0.4 is 4.90 Å². The molecule has 110 valence electrons. The lowest BCUT2D eigenvalue weighted by molar-refractivity contribution is -0.136.